The Balaban J connectivity index is 1.94. The van der Waals surface area contributed by atoms with E-state index >= 15 is 0 Å². The van der Waals surface area contributed by atoms with Gasteiger partial charge in [0.1, 0.15) is 0 Å². The van der Waals surface area contributed by atoms with Gasteiger partial charge in [-0.2, -0.15) is 4.98 Å². The summed E-state index contributed by atoms with van der Waals surface area (Å²) >= 11 is 0. The molecule has 0 fully saturated rings. The molecule has 20 heavy (non-hydrogen) atoms. The lowest BCUT2D eigenvalue weighted by Crippen LogP contribution is -2.18. The maximum atomic E-state index is 5.31. The van der Waals surface area contributed by atoms with Gasteiger partial charge in [-0.25, -0.2) is 0 Å². The molecule has 0 bridgehead atoms. The molecule has 0 aliphatic heterocycles. The summed E-state index contributed by atoms with van der Waals surface area (Å²) in [6, 6.07) is 10.4. The Bertz CT molecular complexity index is 499. The number of benzene rings is 1. The van der Waals surface area contributed by atoms with Gasteiger partial charge >= 0.3 is 0 Å². The second kappa shape index (κ2) is 7.77. The van der Waals surface area contributed by atoms with Gasteiger partial charge in [-0.15, -0.1) is 0 Å². The van der Waals surface area contributed by atoms with Gasteiger partial charge in [0.05, 0.1) is 0 Å². The Labute approximate surface area is 119 Å². The van der Waals surface area contributed by atoms with Gasteiger partial charge in [0.2, 0.25) is 5.89 Å². The molecule has 1 N–H and O–H groups in total. The molecule has 0 radical (unpaired) electrons. The molecule has 0 amide bonds. The van der Waals surface area contributed by atoms with E-state index in [0.717, 1.165) is 18.7 Å². The van der Waals surface area contributed by atoms with Crippen LogP contribution in [0.5, 0.6) is 0 Å². The Kier molecular flexibility index (Phi) is 5.70. The quantitative estimate of drug-likeness (QED) is 0.748. The summed E-state index contributed by atoms with van der Waals surface area (Å²) < 4.78 is 10.3. The molecule has 1 heterocycles. The third-order valence-corrected chi connectivity index (χ3v) is 3.19. The first-order chi connectivity index (χ1) is 9.83. The topological polar surface area (TPSA) is 60.2 Å². The van der Waals surface area contributed by atoms with E-state index in [1.807, 2.05) is 25.2 Å². The fourth-order valence-corrected chi connectivity index (χ4v) is 2.10. The Morgan fingerprint density at radius 1 is 1.30 bits per heavy atom. The van der Waals surface area contributed by atoms with Crippen LogP contribution in [0.4, 0.5) is 0 Å². The van der Waals surface area contributed by atoms with Gasteiger partial charge in [-0.05, 0) is 19.0 Å². The number of hydrogen-bond donors (Lipinski definition) is 1. The largest absolute Gasteiger partial charge is 0.385 e. The highest BCUT2D eigenvalue weighted by molar-refractivity contribution is 5.19. The molecule has 0 saturated carbocycles. The number of ether oxygens (including phenoxy) is 1. The van der Waals surface area contributed by atoms with Gasteiger partial charge in [-0.3, -0.25) is 0 Å². The number of nitrogens with zero attached hydrogens (tertiary/aromatic N) is 2. The maximum absolute atomic E-state index is 5.31. The Hall–Kier alpha value is -1.72. The van der Waals surface area contributed by atoms with E-state index in [9.17, 15) is 0 Å². The molecule has 2 rings (SSSR count). The van der Waals surface area contributed by atoms with E-state index in [-0.39, 0.29) is 6.04 Å². The molecular formula is C15H21N3O2. The van der Waals surface area contributed by atoms with Crippen molar-refractivity contribution < 1.29 is 9.26 Å². The Morgan fingerprint density at radius 3 is 2.80 bits per heavy atom. The third-order valence-electron chi connectivity index (χ3n) is 3.19. The zero-order chi connectivity index (χ0) is 14.2. The molecule has 108 valence electrons. The van der Waals surface area contributed by atoms with Gasteiger partial charge in [0.25, 0.3) is 0 Å². The van der Waals surface area contributed by atoms with Crippen molar-refractivity contribution in [2.75, 3.05) is 20.8 Å². The monoisotopic (exact) mass is 275 g/mol. The van der Waals surface area contributed by atoms with Crippen LogP contribution in [-0.4, -0.2) is 30.9 Å². The number of rotatable bonds is 8. The van der Waals surface area contributed by atoms with Crippen molar-refractivity contribution in [3.63, 3.8) is 0 Å². The molecule has 1 atom stereocenters. The predicted octanol–water partition coefficient (Wildman–Crippen LogP) is 2.15. The number of hydrogen-bond acceptors (Lipinski definition) is 5. The molecule has 0 aliphatic rings. The normalized spacial score (nSPS) is 12.5. The van der Waals surface area contributed by atoms with Gasteiger partial charge in [0.15, 0.2) is 5.82 Å². The smallest absolute Gasteiger partial charge is 0.228 e. The lowest BCUT2D eigenvalue weighted by molar-refractivity contribution is 0.194. The molecule has 0 spiro atoms. The van der Waals surface area contributed by atoms with Crippen LogP contribution in [-0.2, 0) is 17.6 Å². The first-order valence-electron chi connectivity index (χ1n) is 6.86. The summed E-state index contributed by atoms with van der Waals surface area (Å²) in [6.45, 7) is 0.715. The standard InChI is InChI=1S/C15H21N3O2/c1-16-13(12-7-4-3-5-8-12)11-15-17-14(18-20-15)9-6-10-19-2/h3-5,7-8,13,16H,6,9-11H2,1-2H3. The molecule has 0 aliphatic carbocycles. The number of methoxy groups -OCH3 is 1. The second-order valence-electron chi connectivity index (χ2n) is 4.66. The van der Waals surface area contributed by atoms with Crippen molar-refractivity contribution in [1.82, 2.24) is 15.5 Å². The van der Waals surface area contributed by atoms with E-state index in [2.05, 4.69) is 27.6 Å². The fraction of sp³-hybridized carbons (Fsp3) is 0.467. The molecule has 5 nitrogen and oxygen atoms in total. The number of nitrogens with one attached hydrogen (secondary N) is 1. The average Bonchev–Trinajstić information content (AvgIpc) is 2.93. The van der Waals surface area contributed by atoms with E-state index < -0.39 is 0 Å². The van der Waals surface area contributed by atoms with Crippen LogP contribution in [0.2, 0.25) is 0 Å². The fourth-order valence-electron chi connectivity index (χ4n) is 2.10. The number of aromatic nitrogens is 2. The second-order valence-corrected chi connectivity index (χ2v) is 4.66. The molecule has 2 aromatic rings. The van der Waals surface area contributed by atoms with Gasteiger partial charge < -0.3 is 14.6 Å². The van der Waals surface area contributed by atoms with Crippen molar-refractivity contribution in [2.45, 2.75) is 25.3 Å². The minimum Gasteiger partial charge on any atom is -0.385 e. The maximum Gasteiger partial charge on any atom is 0.228 e. The summed E-state index contributed by atoms with van der Waals surface area (Å²) in [5.41, 5.74) is 1.22. The average molecular weight is 275 g/mol. The summed E-state index contributed by atoms with van der Waals surface area (Å²) in [5.74, 6) is 1.42. The highest BCUT2D eigenvalue weighted by Gasteiger charge is 2.14. The first-order valence-corrected chi connectivity index (χ1v) is 6.86. The minimum atomic E-state index is 0.184. The van der Waals surface area contributed by atoms with Crippen molar-refractivity contribution >= 4 is 0 Å². The van der Waals surface area contributed by atoms with Crippen LogP contribution in [0.15, 0.2) is 34.9 Å². The van der Waals surface area contributed by atoms with E-state index in [4.69, 9.17) is 9.26 Å². The summed E-state index contributed by atoms with van der Waals surface area (Å²) in [4.78, 5) is 4.42. The zero-order valence-electron chi connectivity index (χ0n) is 12.0. The molecule has 5 heteroatoms. The van der Waals surface area contributed by atoms with Crippen LogP contribution in [0, 0.1) is 0 Å². The van der Waals surface area contributed by atoms with Crippen LogP contribution in [0.1, 0.15) is 29.7 Å². The first kappa shape index (κ1) is 14.7. The summed E-state index contributed by atoms with van der Waals surface area (Å²) in [5, 5.41) is 7.28. The molecule has 1 aromatic carbocycles. The molecular weight excluding hydrogens is 254 g/mol. The van der Waals surface area contributed by atoms with Gasteiger partial charge in [-0.1, -0.05) is 35.5 Å². The van der Waals surface area contributed by atoms with E-state index in [1.54, 1.807) is 7.11 Å². The van der Waals surface area contributed by atoms with Crippen molar-refractivity contribution in [2.24, 2.45) is 0 Å². The van der Waals surface area contributed by atoms with Crippen LogP contribution >= 0.6 is 0 Å². The number of likely N-dealkylation sites (N-methyl/N-ethyl adjacent to an activating group) is 1. The van der Waals surface area contributed by atoms with E-state index in [1.165, 1.54) is 5.56 Å². The van der Waals surface area contributed by atoms with Gasteiger partial charge in [0, 0.05) is 32.6 Å². The lowest BCUT2D eigenvalue weighted by Gasteiger charge is -2.13. The van der Waals surface area contributed by atoms with Crippen LogP contribution in [0.25, 0.3) is 0 Å². The van der Waals surface area contributed by atoms with Crippen LogP contribution in [0.3, 0.4) is 0 Å². The molecule has 1 aromatic heterocycles. The summed E-state index contributed by atoms with van der Waals surface area (Å²) in [7, 11) is 3.63. The lowest BCUT2D eigenvalue weighted by atomic mass is 10.0. The van der Waals surface area contributed by atoms with Crippen molar-refractivity contribution in [1.29, 1.82) is 0 Å². The minimum absolute atomic E-state index is 0.184. The highest BCUT2D eigenvalue weighted by atomic mass is 16.5. The van der Waals surface area contributed by atoms with E-state index in [0.29, 0.717) is 18.9 Å². The Morgan fingerprint density at radius 2 is 2.10 bits per heavy atom. The SMILES string of the molecule is CNC(Cc1nc(CCCOC)no1)c1ccccc1. The highest BCUT2D eigenvalue weighted by Crippen LogP contribution is 2.17. The summed E-state index contributed by atoms with van der Waals surface area (Å²) in [6.07, 6.45) is 2.38. The predicted molar refractivity (Wildman–Crippen MR) is 76.4 cm³/mol. The zero-order valence-corrected chi connectivity index (χ0v) is 12.0. The van der Waals surface area contributed by atoms with Crippen molar-refractivity contribution in [3.05, 3.63) is 47.6 Å². The number of aryl methyl sites for hydroxylation is 1. The van der Waals surface area contributed by atoms with Crippen LogP contribution < -0.4 is 5.32 Å². The molecule has 1 unspecified atom stereocenters. The van der Waals surface area contributed by atoms with Crippen molar-refractivity contribution in [3.8, 4) is 0 Å². The third kappa shape index (κ3) is 4.15. The molecule has 0 saturated heterocycles.